The Kier molecular flexibility index (Phi) is 3.36. The van der Waals surface area contributed by atoms with Crippen LogP contribution >= 0.6 is 0 Å². The van der Waals surface area contributed by atoms with Crippen LogP contribution in [0.15, 0.2) is 47.3 Å². The summed E-state index contributed by atoms with van der Waals surface area (Å²) in [5.41, 5.74) is 3.77. The summed E-state index contributed by atoms with van der Waals surface area (Å²) in [6.45, 7) is 4.97. The molecule has 2 saturated carbocycles. The van der Waals surface area contributed by atoms with Crippen LogP contribution < -0.4 is 0 Å². The fourth-order valence-electron chi connectivity index (χ4n) is 5.89. The molecule has 4 aliphatic rings. The lowest BCUT2D eigenvalue weighted by molar-refractivity contribution is 0.105. The Bertz CT molecular complexity index is 591. The van der Waals surface area contributed by atoms with Crippen molar-refractivity contribution < 1.29 is 4.74 Å². The van der Waals surface area contributed by atoms with Crippen molar-refractivity contribution in [2.45, 2.75) is 46.0 Å². The van der Waals surface area contributed by atoms with Crippen molar-refractivity contribution in [2.75, 3.05) is 7.11 Å². The number of methoxy groups -OCH3 is 1. The number of fused-ring (bicyclic) bond motifs is 5. The molecule has 0 bridgehead atoms. The summed E-state index contributed by atoms with van der Waals surface area (Å²) in [7, 11) is 1.76. The topological polar surface area (TPSA) is 9.23 Å². The predicted molar refractivity (Wildman–Crippen MR) is 91.2 cm³/mol. The Morgan fingerprint density at radius 3 is 2.86 bits per heavy atom. The second-order valence-electron chi connectivity index (χ2n) is 7.86. The minimum atomic E-state index is 0.564. The summed E-state index contributed by atoms with van der Waals surface area (Å²) >= 11 is 0. The highest BCUT2D eigenvalue weighted by atomic mass is 16.5. The van der Waals surface area contributed by atoms with Gasteiger partial charge in [0.15, 0.2) is 0 Å². The first-order valence-electron chi connectivity index (χ1n) is 9.03. The number of allylic oxidation sites excluding steroid dienone is 7. The molecule has 1 heteroatoms. The second-order valence-corrected chi connectivity index (χ2v) is 7.86. The smallest absolute Gasteiger partial charge is 0.118 e. The lowest BCUT2D eigenvalue weighted by atomic mass is 9.56. The van der Waals surface area contributed by atoms with Gasteiger partial charge in [0.05, 0.1) is 7.11 Å². The molecular formula is C21H28O. The molecule has 4 rings (SSSR count). The van der Waals surface area contributed by atoms with Crippen molar-refractivity contribution in [3.05, 3.63) is 47.3 Å². The lowest BCUT2D eigenvalue weighted by Gasteiger charge is -2.48. The molecule has 0 N–H and O–H groups in total. The Labute approximate surface area is 134 Å². The zero-order valence-electron chi connectivity index (χ0n) is 14.1. The van der Waals surface area contributed by atoms with Gasteiger partial charge in [-0.25, -0.2) is 0 Å². The van der Waals surface area contributed by atoms with Gasteiger partial charge in [-0.3, -0.25) is 0 Å². The summed E-state index contributed by atoms with van der Waals surface area (Å²) < 4.78 is 5.40. The Hall–Kier alpha value is -1.24. The molecule has 0 radical (unpaired) electrons. The molecule has 0 aromatic heterocycles. The van der Waals surface area contributed by atoms with Gasteiger partial charge in [-0.1, -0.05) is 44.1 Å². The van der Waals surface area contributed by atoms with E-state index in [1.54, 1.807) is 12.7 Å². The van der Waals surface area contributed by atoms with Crippen LogP contribution in [-0.4, -0.2) is 7.11 Å². The third kappa shape index (κ3) is 1.90. The third-order valence-corrected chi connectivity index (χ3v) is 7.15. The standard InChI is InChI=1S/C21H28O/c1-4-15-6-10-20-19-8-5-14-13-16(22-3)7-9-17(14)18(19)11-12-21(15,20)2/h5,7-9,13,15,17-18,20H,4,6,10-12H2,1-3H3/t15-,17-,18+,20-,21+/m0/s1. The quantitative estimate of drug-likeness (QED) is 0.661. The summed E-state index contributed by atoms with van der Waals surface area (Å²) in [6.07, 6.45) is 18.6. The molecule has 5 atom stereocenters. The van der Waals surface area contributed by atoms with Crippen LogP contribution in [0.2, 0.25) is 0 Å². The normalized spacial score (nSPS) is 42.6. The van der Waals surface area contributed by atoms with E-state index in [0.29, 0.717) is 11.3 Å². The van der Waals surface area contributed by atoms with Crippen molar-refractivity contribution in [3.63, 3.8) is 0 Å². The predicted octanol–water partition coefficient (Wildman–Crippen LogP) is 5.42. The summed E-state index contributed by atoms with van der Waals surface area (Å²) in [4.78, 5) is 0. The van der Waals surface area contributed by atoms with Gasteiger partial charge in [-0.05, 0) is 66.6 Å². The second kappa shape index (κ2) is 5.15. The molecule has 0 amide bonds. The zero-order valence-corrected chi connectivity index (χ0v) is 14.1. The van der Waals surface area contributed by atoms with E-state index in [1.807, 2.05) is 0 Å². The van der Waals surface area contributed by atoms with E-state index in [1.165, 1.54) is 37.7 Å². The molecule has 0 aromatic rings. The molecule has 4 aliphatic carbocycles. The first-order valence-corrected chi connectivity index (χ1v) is 9.03. The van der Waals surface area contributed by atoms with Gasteiger partial charge in [0.25, 0.3) is 0 Å². The van der Waals surface area contributed by atoms with Crippen LogP contribution in [0.4, 0.5) is 0 Å². The highest BCUT2D eigenvalue weighted by Gasteiger charge is 2.52. The van der Waals surface area contributed by atoms with Crippen LogP contribution in [0.5, 0.6) is 0 Å². The minimum absolute atomic E-state index is 0.564. The summed E-state index contributed by atoms with van der Waals surface area (Å²) in [6, 6.07) is 0. The molecule has 0 saturated heterocycles. The molecule has 0 unspecified atom stereocenters. The Balaban J connectivity index is 1.69. The van der Waals surface area contributed by atoms with Crippen LogP contribution in [-0.2, 0) is 4.74 Å². The monoisotopic (exact) mass is 296 g/mol. The average Bonchev–Trinajstić information content (AvgIpc) is 2.90. The van der Waals surface area contributed by atoms with E-state index in [9.17, 15) is 0 Å². The fourth-order valence-corrected chi connectivity index (χ4v) is 5.89. The SMILES string of the molecule is CC[C@H]1CC[C@H]2C3=CC=C4C=C(OC)C=C[C@@H]4[C@H]3CC[C@]12C. The van der Waals surface area contributed by atoms with E-state index >= 15 is 0 Å². The van der Waals surface area contributed by atoms with Crippen LogP contribution in [0.25, 0.3) is 0 Å². The van der Waals surface area contributed by atoms with E-state index in [0.717, 1.165) is 23.5 Å². The largest absolute Gasteiger partial charge is 0.497 e. The van der Waals surface area contributed by atoms with Gasteiger partial charge in [0, 0.05) is 5.92 Å². The van der Waals surface area contributed by atoms with Gasteiger partial charge in [0.2, 0.25) is 0 Å². The van der Waals surface area contributed by atoms with Gasteiger partial charge < -0.3 is 4.74 Å². The molecule has 1 nitrogen and oxygen atoms in total. The van der Waals surface area contributed by atoms with Crippen molar-refractivity contribution in [1.29, 1.82) is 0 Å². The van der Waals surface area contributed by atoms with Crippen molar-refractivity contribution >= 4 is 0 Å². The summed E-state index contributed by atoms with van der Waals surface area (Å²) in [5, 5.41) is 0. The number of rotatable bonds is 2. The van der Waals surface area contributed by atoms with Gasteiger partial charge in [-0.2, -0.15) is 0 Å². The maximum atomic E-state index is 5.40. The number of ether oxygens (including phenoxy) is 1. The molecule has 22 heavy (non-hydrogen) atoms. The van der Waals surface area contributed by atoms with E-state index in [4.69, 9.17) is 4.74 Å². The van der Waals surface area contributed by atoms with Crippen LogP contribution in [0.1, 0.15) is 46.0 Å². The molecule has 118 valence electrons. The van der Waals surface area contributed by atoms with Gasteiger partial charge in [-0.15, -0.1) is 0 Å². The van der Waals surface area contributed by atoms with Crippen LogP contribution in [0, 0.1) is 29.1 Å². The number of hydrogen-bond acceptors (Lipinski definition) is 1. The first-order chi connectivity index (χ1) is 10.7. The maximum absolute atomic E-state index is 5.40. The lowest BCUT2D eigenvalue weighted by Crippen LogP contribution is -2.39. The van der Waals surface area contributed by atoms with Crippen molar-refractivity contribution in [3.8, 4) is 0 Å². The van der Waals surface area contributed by atoms with E-state index in [-0.39, 0.29) is 0 Å². The Morgan fingerprint density at radius 2 is 2.09 bits per heavy atom. The zero-order chi connectivity index (χ0) is 15.3. The van der Waals surface area contributed by atoms with E-state index < -0.39 is 0 Å². The molecule has 2 fully saturated rings. The van der Waals surface area contributed by atoms with Crippen molar-refractivity contribution in [2.24, 2.45) is 29.1 Å². The molecule has 0 aliphatic heterocycles. The maximum Gasteiger partial charge on any atom is 0.118 e. The molecule has 0 spiro atoms. The van der Waals surface area contributed by atoms with E-state index in [2.05, 4.69) is 44.2 Å². The minimum Gasteiger partial charge on any atom is -0.497 e. The van der Waals surface area contributed by atoms with Gasteiger partial charge >= 0.3 is 0 Å². The molecule has 0 aromatic carbocycles. The van der Waals surface area contributed by atoms with Crippen molar-refractivity contribution in [1.82, 2.24) is 0 Å². The molecular weight excluding hydrogens is 268 g/mol. The van der Waals surface area contributed by atoms with Gasteiger partial charge in [0.1, 0.15) is 5.76 Å². The highest BCUT2D eigenvalue weighted by Crippen LogP contribution is 2.61. The Morgan fingerprint density at radius 1 is 1.23 bits per heavy atom. The summed E-state index contributed by atoms with van der Waals surface area (Å²) in [5.74, 6) is 4.08. The number of hydrogen-bond donors (Lipinski definition) is 0. The fraction of sp³-hybridized carbons (Fsp3) is 0.619. The van der Waals surface area contributed by atoms with Crippen LogP contribution in [0.3, 0.4) is 0 Å². The third-order valence-electron chi connectivity index (χ3n) is 7.15. The average molecular weight is 296 g/mol. The highest BCUT2D eigenvalue weighted by molar-refractivity contribution is 5.45. The first kappa shape index (κ1) is 14.4. The molecule has 0 heterocycles.